The van der Waals surface area contributed by atoms with Crippen molar-refractivity contribution in [2.24, 2.45) is 0 Å². The van der Waals surface area contributed by atoms with Gasteiger partial charge in [-0.1, -0.05) is 24.3 Å². The minimum Gasteiger partial charge on any atom is -0.493 e. The van der Waals surface area contributed by atoms with Crippen LogP contribution in [0.1, 0.15) is 24.0 Å². The van der Waals surface area contributed by atoms with Gasteiger partial charge < -0.3 is 14.2 Å². The first-order valence-corrected chi connectivity index (χ1v) is 8.98. The SMILES string of the molecule is COc1cccc(CN(Cc2ccc(F)cc2)CC2CCCO2)c1OC. The largest absolute Gasteiger partial charge is 0.493 e. The zero-order chi connectivity index (χ0) is 18.4. The van der Waals surface area contributed by atoms with E-state index < -0.39 is 0 Å². The molecule has 0 amide bonds. The molecule has 1 unspecified atom stereocenters. The molecule has 1 fully saturated rings. The fourth-order valence-electron chi connectivity index (χ4n) is 3.43. The first-order chi connectivity index (χ1) is 12.7. The second-order valence-electron chi connectivity index (χ2n) is 6.58. The van der Waals surface area contributed by atoms with Crippen molar-refractivity contribution in [1.29, 1.82) is 0 Å². The zero-order valence-electron chi connectivity index (χ0n) is 15.4. The molecule has 1 aliphatic rings. The van der Waals surface area contributed by atoms with Gasteiger partial charge in [0.2, 0.25) is 0 Å². The number of hydrogen-bond donors (Lipinski definition) is 0. The Balaban J connectivity index is 1.79. The average molecular weight is 359 g/mol. The lowest BCUT2D eigenvalue weighted by Crippen LogP contribution is -2.31. The minimum absolute atomic E-state index is 0.214. The normalized spacial score (nSPS) is 16.8. The number of nitrogens with zero attached hydrogens (tertiary/aromatic N) is 1. The Morgan fingerprint density at radius 2 is 1.88 bits per heavy atom. The molecule has 1 aliphatic heterocycles. The summed E-state index contributed by atoms with van der Waals surface area (Å²) in [4.78, 5) is 2.32. The quantitative estimate of drug-likeness (QED) is 0.712. The predicted octanol–water partition coefficient (Wildman–Crippen LogP) is 4.02. The van der Waals surface area contributed by atoms with Crippen LogP contribution in [0.5, 0.6) is 11.5 Å². The minimum atomic E-state index is -0.214. The number of rotatable bonds is 8. The summed E-state index contributed by atoms with van der Waals surface area (Å²) in [5.74, 6) is 1.27. The van der Waals surface area contributed by atoms with Crippen LogP contribution in [0.25, 0.3) is 0 Å². The molecule has 5 heteroatoms. The molecule has 1 saturated heterocycles. The summed E-state index contributed by atoms with van der Waals surface area (Å²) in [5.41, 5.74) is 2.14. The van der Waals surface area contributed by atoms with Gasteiger partial charge in [-0.15, -0.1) is 0 Å². The molecule has 4 nitrogen and oxygen atoms in total. The lowest BCUT2D eigenvalue weighted by molar-refractivity contribution is 0.0676. The monoisotopic (exact) mass is 359 g/mol. The molecule has 2 aromatic rings. The smallest absolute Gasteiger partial charge is 0.165 e. The molecule has 0 N–H and O–H groups in total. The fourth-order valence-corrected chi connectivity index (χ4v) is 3.43. The predicted molar refractivity (Wildman–Crippen MR) is 99.0 cm³/mol. The molecule has 1 atom stereocenters. The summed E-state index contributed by atoms with van der Waals surface area (Å²) in [6.07, 6.45) is 2.43. The highest BCUT2D eigenvalue weighted by molar-refractivity contribution is 5.46. The molecule has 2 aromatic carbocycles. The van der Waals surface area contributed by atoms with Crippen LogP contribution in [0.2, 0.25) is 0 Å². The van der Waals surface area contributed by atoms with Crippen molar-refractivity contribution < 1.29 is 18.6 Å². The first-order valence-electron chi connectivity index (χ1n) is 8.98. The van der Waals surface area contributed by atoms with Crippen LogP contribution in [0, 0.1) is 5.82 Å². The Morgan fingerprint density at radius 3 is 2.54 bits per heavy atom. The number of benzene rings is 2. The number of methoxy groups -OCH3 is 2. The van der Waals surface area contributed by atoms with Gasteiger partial charge in [0.25, 0.3) is 0 Å². The molecule has 1 heterocycles. The van der Waals surface area contributed by atoms with E-state index in [-0.39, 0.29) is 11.9 Å². The van der Waals surface area contributed by atoms with E-state index in [1.165, 1.54) is 12.1 Å². The van der Waals surface area contributed by atoms with Crippen LogP contribution < -0.4 is 9.47 Å². The van der Waals surface area contributed by atoms with Crippen LogP contribution in [0.3, 0.4) is 0 Å². The van der Waals surface area contributed by atoms with Crippen molar-refractivity contribution >= 4 is 0 Å². The van der Waals surface area contributed by atoms with Gasteiger partial charge in [-0.05, 0) is 36.6 Å². The van der Waals surface area contributed by atoms with Gasteiger partial charge in [0.05, 0.1) is 20.3 Å². The number of para-hydroxylation sites is 1. The van der Waals surface area contributed by atoms with Crippen LogP contribution in [-0.2, 0) is 17.8 Å². The summed E-state index contributed by atoms with van der Waals surface area (Å²) in [5, 5.41) is 0. The van der Waals surface area contributed by atoms with Gasteiger partial charge in [0, 0.05) is 31.8 Å². The highest BCUT2D eigenvalue weighted by Gasteiger charge is 2.21. The molecule has 0 saturated carbocycles. The van der Waals surface area contributed by atoms with Gasteiger partial charge in [0.15, 0.2) is 11.5 Å². The molecule has 0 radical (unpaired) electrons. The van der Waals surface area contributed by atoms with Crippen molar-refractivity contribution in [2.75, 3.05) is 27.4 Å². The van der Waals surface area contributed by atoms with Gasteiger partial charge >= 0.3 is 0 Å². The van der Waals surface area contributed by atoms with E-state index in [1.54, 1.807) is 14.2 Å². The summed E-state index contributed by atoms with van der Waals surface area (Å²) < 4.78 is 30.0. The fraction of sp³-hybridized carbons (Fsp3) is 0.429. The summed E-state index contributed by atoms with van der Waals surface area (Å²) in [6.45, 7) is 3.09. The maximum atomic E-state index is 13.2. The highest BCUT2D eigenvalue weighted by Crippen LogP contribution is 2.32. The van der Waals surface area contributed by atoms with Crippen LogP contribution in [-0.4, -0.2) is 38.4 Å². The molecule has 0 aromatic heterocycles. The third-order valence-electron chi connectivity index (χ3n) is 4.68. The van der Waals surface area contributed by atoms with E-state index in [0.717, 1.165) is 55.2 Å². The highest BCUT2D eigenvalue weighted by atomic mass is 19.1. The van der Waals surface area contributed by atoms with Crippen LogP contribution in [0.15, 0.2) is 42.5 Å². The Labute approximate surface area is 154 Å². The number of halogens is 1. The van der Waals surface area contributed by atoms with Crippen molar-refractivity contribution in [3.8, 4) is 11.5 Å². The van der Waals surface area contributed by atoms with E-state index in [4.69, 9.17) is 14.2 Å². The van der Waals surface area contributed by atoms with E-state index in [1.807, 2.05) is 24.3 Å². The molecule has 140 valence electrons. The number of hydrogen-bond acceptors (Lipinski definition) is 4. The van der Waals surface area contributed by atoms with E-state index >= 15 is 0 Å². The Hall–Kier alpha value is -2.11. The Morgan fingerprint density at radius 1 is 1.08 bits per heavy atom. The Bertz CT molecular complexity index is 699. The second-order valence-corrected chi connectivity index (χ2v) is 6.58. The van der Waals surface area contributed by atoms with Crippen LogP contribution >= 0.6 is 0 Å². The van der Waals surface area contributed by atoms with Gasteiger partial charge in [-0.25, -0.2) is 4.39 Å². The molecule has 0 bridgehead atoms. The first kappa shape index (κ1) is 18.7. The molecule has 3 rings (SSSR count). The molecular weight excluding hydrogens is 333 g/mol. The third-order valence-corrected chi connectivity index (χ3v) is 4.68. The Kier molecular flexibility index (Phi) is 6.47. The summed E-state index contributed by atoms with van der Waals surface area (Å²) in [7, 11) is 3.30. The molecule has 0 spiro atoms. The summed E-state index contributed by atoms with van der Waals surface area (Å²) in [6, 6.07) is 12.6. The van der Waals surface area contributed by atoms with E-state index in [9.17, 15) is 4.39 Å². The lowest BCUT2D eigenvalue weighted by Gasteiger charge is -2.26. The average Bonchev–Trinajstić information content (AvgIpc) is 3.16. The summed E-state index contributed by atoms with van der Waals surface area (Å²) >= 11 is 0. The maximum Gasteiger partial charge on any atom is 0.165 e. The molecule has 26 heavy (non-hydrogen) atoms. The van der Waals surface area contributed by atoms with Crippen molar-refractivity contribution in [3.05, 3.63) is 59.4 Å². The maximum absolute atomic E-state index is 13.2. The van der Waals surface area contributed by atoms with Gasteiger partial charge in [0.1, 0.15) is 5.82 Å². The lowest BCUT2D eigenvalue weighted by atomic mass is 10.1. The number of ether oxygens (including phenoxy) is 3. The van der Waals surface area contributed by atoms with E-state index in [2.05, 4.69) is 11.0 Å². The van der Waals surface area contributed by atoms with Crippen molar-refractivity contribution in [1.82, 2.24) is 4.90 Å². The molecular formula is C21H26FNO3. The van der Waals surface area contributed by atoms with E-state index in [0.29, 0.717) is 6.54 Å². The topological polar surface area (TPSA) is 30.9 Å². The van der Waals surface area contributed by atoms with Gasteiger partial charge in [-0.2, -0.15) is 0 Å². The van der Waals surface area contributed by atoms with Gasteiger partial charge in [-0.3, -0.25) is 4.90 Å². The van der Waals surface area contributed by atoms with Crippen LogP contribution in [0.4, 0.5) is 4.39 Å². The molecule has 0 aliphatic carbocycles. The standard InChI is InChI=1S/C21H26FNO3/c1-24-20-7-3-5-17(21(20)25-2)14-23(15-19-6-4-12-26-19)13-16-8-10-18(22)11-9-16/h3,5,7-11,19H,4,6,12-15H2,1-2H3. The zero-order valence-corrected chi connectivity index (χ0v) is 15.4. The van der Waals surface area contributed by atoms with Crippen molar-refractivity contribution in [2.45, 2.75) is 32.0 Å². The second kappa shape index (κ2) is 9.01. The third kappa shape index (κ3) is 4.74. The van der Waals surface area contributed by atoms with Crippen molar-refractivity contribution in [3.63, 3.8) is 0 Å².